The van der Waals surface area contributed by atoms with Crippen LogP contribution in [0.1, 0.15) is 140 Å². The molecule has 0 spiro atoms. The van der Waals surface area contributed by atoms with Crippen LogP contribution in [0.3, 0.4) is 0 Å². The number of nitrogens with two attached hydrogens (primary N) is 1. The molecule has 28 heteroatoms. The average molecular weight is 1280 g/mol. The highest BCUT2D eigenvalue weighted by Crippen LogP contribution is 2.35. The summed E-state index contributed by atoms with van der Waals surface area (Å²) >= 11 is 0. The number of amides is 10. The fourth-order valence-electron chi connectivity index (χ4n) is 12.6. The smallest absolute Gasteiger partial charge is 0.329 e. The number of benzene rings is 2. The van der Waals surface area contributed by atoms with E-state index in [4.69, 9.17) is 24.6 Å². The van der Waals surface area contributed by atoms with Crippen LogP contribution in [-0.2, 0) is 57.4 Å². The molecule has 4 fully saturated rings. The van der Waals surface area contributed by atoms with Gasteiger partial charge in [0.05, 0.1) is 29.9 Å². The van der Waals surface area contributed by atoms with Gasteiger partial charge in [-0.15, -0.1) is 0 Å². The fraction of sp³-hybridized carbons (Fsp3) is 0.625. The summed E-state index contributed by atoms with van der Waals surface area (Å²) in [5.74, 6) is -12.2. The monoisotopic (exact) mass is 1280 g/mol. The second-order valence-electron chi connectivity index (χ2n) is 25.8. The van der Waals surface area contributed by atoms with E-state index in [1.54, 1.807) is 62.3 Å². The van der Waals surface area contributed by atoms with Crippen molar-refractivity contribution in [1.82, 2.24) is 55.7 Å². The van der Waals surface area contributed by atoms with E-state index in [0.717, 1.165) is 9.80 Å². The molecule has 1 aliphatic carbocycles. The number of ether oxygens (including phenoxy) is 2. The molecule has 1 aromatic carbocycles. The maximum atomic E-state index is 15.3. The van der Waals surface area contributed by atoms with Gasteiger partial charge in [0, 0.05) is 46.8 Å². The van der Waals surface area contributed by atoms with Gasteiger partial charge in [0.25, 0.3) is 11.8 Å². The molecular weight excluding hydrogens is 1190 g/mol. The minimum atomic E-state index is -1.88. The van der Waals surface area contributed by atoms with Gasteiger partial charge in [-0.1, -0.05) is 74.3 Å². The van der Waals surface area contributed by atoms with Crippen molar-refractivity contribution < 1.29 is 71.4 Å². The van der Waals surface area contributed by atoms with Gasteiger partial charge in [-0.05, 0) is 88.7 Å². The summed E-state index contributed by atoms with van der Waals surface area (Å²) in [6, 6.07) is -7.86. The van der Waals surface area contributed by atoms with E-state index in [1.165, 1.54) is 80.7 Å². The van der Waals surface area contributed by atoms with Gasteiger partial charge in [-0.25, -0.2) is 14.6 Å². The molecular formula is C64H90N12O16. The van der Waals surface area contributed by atoms with Gasteiger partial charge in [0.1, 0.15) is 71.8 Å². The van der Waals surface area contributed by atoms with Crippen LogP contribution >= 0.6 is 0 Å². The first kappa shape index (κ1) is 70.7. The van der Waals surface area contributed by atoms with Crippen LogP contribution < -0.4 is 32.4 Å². The van der Waals surface area contributed by atoms with Crippen LogP contribution in [0, 0.1) is 37.5 Å². The molecule has 502 valence electrons. The number of esters is 2. The highest BCUT2D eigenvalue weighted by atomic mass is 16.6. The lowest BCUT2D eigenvalue weighted by atomic mass is 9.96. The number of hydrogen-bond donors (Lipinski definition) is 5. The van der Waals surface area contributed by atoms with E-state index in [2.05, 4.69) is 21.3 Å². The zero-order valence-corrected chi connectivity index (χ0v) is 55.5. The Bertz CT molecular complexity index is 3460. The highest BCUT2D eigenvalue weighted by molar-refractivity contribution is 6.10. The third-order valence-electron chi connectivity index (χ3n) is 18.6. The molecule has 92 heavy (non-hydrogen) atoms. The summed E-state index contributed by atoms with van der Waals surface area (Å²) < 4.78 is 18.4. The van der Waals surface area contributed by atoms with Crippen molar-refractivity contribution in [1.29, 1.82) is 0 Å². The number of carbonyl (C=O) groups is 12. The lowest BCUT2D eigenvalue weighted by Gasteiger charge is -2.36. The van der Waals surface area contributed by atoms with Crippen molar-refractivity contribution in [2.75, 3.05) is 60.1 Å². The van der Waals surface area contributed by atoms with E-state index in [0.29, 0.717) is 31.2 Å². The minimum Gasteiger partial charge on any atom is -0.458 e. The van der Waals surface area contributed by atoms with E-state index >= 15 is 14.4 Å². The van der Waals surface area contributed by atoms with Crippen molar-refractivity contribution in [2.24, 2.45) is 23.7 Å². The van der Waals surface area contributed by atoms with Crippen molar-refractivity contribution >= 4 is 87.8 Å². The van der Waals surface area contributed by atoms with Crippen LogP contribution in [0.25, 0.3) is 22.6 Å². The number of likely N-dealkylation sites (N-methyl/N-ethyl adjacent to an activating group) is 4. The van der Waals surface area contributed by atoms with E-state index in [9.17, 15) is 47.9 Å². The number of cyclic esters (lactones) is 2. The quantitative estimate of drug-likeness (QED) is 0.109. The zero-order valence-electron chi connectivity index (χ0n) is 55.5. The maximum absolute atomic E-state index is 15.3. The second kappa shape index (κ2) is 28.8. The Kier molecular flexibility index (Phi) is 22.2. The number of aryl methyl sites for hydroxylation is 1. The third kappa shape index (κ3) is 14.2. The lowest BCUT2D eigenvalue weighted by Crippen LogP contribution is -2.61. The first-order valence-electron chi connectivity index (χ1n) is 31.6. The van der Waals surface area contributed by atoms with Gasteiger partial charge in [0.15, 0.2) is 11.3 Å². The number of aromatic nitrogens is 1. The molecule has 12 atom stereocenters. The van der Waals surface area contributed by atoms with Crippen LogP contribution in [0.2, 0.25) is 0 Å². The summed E-state index contributed by atoms with van der Waals surface area (Å²) in [6.07, 6.45) is -0.917. The van der Waals surface area contributed by atoms with Gasteiger partial charge in [-0.2, -0.15) is 0 Å². The summed E-state index contributed by atoms with van der Waals surface area (Å²) in [6.45, 7) is 18.8. The molecule has 5 aliphatic heterocycles. The molecule has 5 heterocycles. The summed E-state index contributed by atoms with van der Waals surface area (Å²) in [7, 11) is 5.61. The molecule has 0 unspecified atom stereocenters. The largest absolute Gasteiger partial charge is 0.458 e. The molecule has 6 aliphatic rings. The zero-order chi connectivity index (χ0) is 68.4. The summed E-state index contributed by atoms with van der Waals surface area (Å²) in [5, 5.41) is 10.8. The highest BCUT2D eigenvalue weighted by Gasteiger charge is 2.47. The SMILES string of the molecule is CC[C@@H](C)[C@@H]1NC(=O)[C@@H](NC(=O)c2c3nc4c(C(=O)N[C@@H]5C(=O)N[C@@H]([C@H](C)CC)C(=O)N6CCC[C@H]6C(=O)N(C)CC(=O)N(C)[C@@H](C(C)C)C(=O)O[C@@H]5C)ccc(C)c4oc-3c(C)c(=O)c2N)[C@@H](C)OC(=O)[C@H](C(C)C)N(C)C(=O)CN(C)C(=O)[C@@H]2CCCN2C1=O. The first-order chi connectivity index (χ1) is 43.2. The second-order valence-corrected chi connectivity index (χ2v) is 25.8. The van der Waals surface area contributed by atoms with E-state index in [-0.39, 0.29) is 53.9 Å². The van der Waals surface area contributed by atoms with Crippen molar-refractivity contribution in [3.63, 3.8) is 0 Å². The van der Waals surface area contributed by atoms with Gasteiger partial charge >= 0.3 is 11.9 Å². The molecule has 7 rings (SSSR count). The number of nitrogens with zero attached hydrogens (tertiary/aromatic N) is 7. The maximum Gasteiger partial charge on any atom is 0.329 e. The Morgan fingerprint density at radius 3 is 1.48 bits per heavy atom. The van der Waals surface area contributed by atoms with Crippen LogP contribution in [0.4, 0.5) is 5.69 Å². The van der Waals surface area contributed by atoms with Gasteiger partial charge in [-0.3, -0.25) is 52.7 Å². The molecule has 28 nitrogen and oxygen atoms in total. The van der Waals surface area contributed by atoms with Crippen molar-refractivity contribution in [2.45, 2.75) is 182 Å². The Balaban J connectivity index is 1.33. The molecule has 6 N–H and O–H groups in total. The van der Waals surface area contributed by atoms with Crippen LogP contribution in [-0.4, -0.2) is 220 Å². The minimum absolute atomic E-state index is 0.0732. The predicted octanol–water partition coefficient (Wildman–Crippen LogP) is 1.51. The first-order valence-corrected chi connectivity index (χ1v) is 31.6. The fourth-order valence-corrected chi connectivity index (χ4v) is 12.6. The van der Waals surface area contributed by atoms with Crippen LogP contribution in [0.5, 0.6) is 0 Å². The molecule has 1 aromatic rings. The van der Waals surface area contributed by atoms with Crippen molar-refractivity contribution in [3.8, 4) is 11.5 Å². The summed E-state index contributed by atoms with van der Waals surface area (Å²) in [5.41, 5.74) is 3.63. The molecule has 0 saturated carbocycles. The topological polar surface area (TPSA) is 360 Å². The standard InChI is InChI=1S/C64H90N12O16/c1-17-31(7)44-61(86)75-25-19-21-38(75)59(84)71(13)27-40(77)73(15)50(29(3)4)63(88)90-35(11)46(57(82)67-44)69-55(80)37-24-23-33(9)53-48(37)66-49-42(43(65)52(79)34(10)54(49)92-53)56(81)70-47-36(12)91-64(89)51(30(5)6)74(16)41(78)28-72(14)60(85)39-22-20-26-76(39)62(87)45(32(8)18-2)68-58(47)83/h23-24,29-32,35-36,38-39,44-47,50-51H,17-22,25-28,65H2,1-16H3,(H,67,82)(H,68,83)(H,69,80)(H,70,81)/t31-,32-,35-,36-,38+,39+,44+,45+,46+,47+,50+,51+/m1/s1. The number of anilines is 1. The Morgan fingerprint density at radius 1 is 0.641 bits per heavy atom. The third-order valence-corrected chi connectivity index (χ3v) is 18.6. The van der Waals surface area contributed by atoms with Gasteiger partial charge < -0.3 is 70.3 Å². The number of fused-ring (bicyclic) bond motifs is 4. The Hall–Kier alpha value is -8.72. The molecule has 0 aromatic heterocycles. The molecule has 10 amide bonds. The van der Waals surface area contributed by atoms with E-state index < -0.39 is 191 Å². The normalized spacial score (nSPS) is 26.5. The number of rotatable bonds is 10. The number of carbonyl (C=O) groups excluding carboxylic acids is 12. The van der Waals surface area contributed by atoms with Gasteiger partial charge in [0.2, 0.25) is 52.7 Å². The molecule has 4 saturated heterocycles. The Morgan fingerprint density at radius 2 is 1.07 bits per heavy atom. The molecule has 0 radical (unpaired) electrons. The average Bonchev–Trinajstić information content (AvgIpc) is 1.10. The number of nitrogen functional groups attached to an aromatic ring is 1. The van der Waals surface area contributed by atoms with E-state index in [1.807, 2.05) is 0 Å². The number of nitrogens with one attached hydrogen (secondary N) is 4. The predicted molar refractivity (Wildman–Crippen MR) is 335 cm³/mol. The Labute approximate surface area is 535 Å². The number of hydrogen-bond acceptors (Lipinski definition) is 18. The van der Waals surface area contributed by atoms with Crippen molar-refractivity contribution in [3.05, 3.63) is 44.6 Å². The van der Waals surface area contributed by atoms with Crippen LogP contribution in [0.15, 0.2) is 21.3 Å². The lowest BCUT2D eigenvalue weighted by molar-refractivity contribution is -0.163. The molecule has 0 bridgehead atoms. The summed E-state index contributed by atoms with van der Waals surface area (Å²) in [4.78, 5) is 201.